The Balaban J connectivity index is 2.63. The number of nitrogens with zero attached hydrogens (tertiary/aromatic N) is 1. The molecule has 0 bridgehead atoms. The fourth-order valence-electron chi connectivity index (χ4n) is 2.66. The van der Waals surface area contributed by atoms with Gasteiger partial charge in [0, 0.05) is 19.1 Å². The first-order valence-electron chi connectivity index (χ1n) is 7.47. The van der Waals surface area contributed by atoms with Gasteiger partial charge in [0.2, 0.25) is 0 Å². The largest absolute Gasteiger partial charge is 0.465 e. The Bertz CT molecular complexity index is 255. The summed E-state index contributed by atoms with van der Waals surface area (Å²) in [5.41, 5.74) is 0. The molecule has 1 fully saturated rings. The van der Waals surface area contributed by atoms with Gasteiger partial charge in [-0.25, -0.2) is 0 Å². The van der Waals surface area contributed by atoms with Crippen LogP contribution in [-0.4, -0.2) is 60.9 Å². The van der Waals surface area contributed by atoms with Gasteiger partial charge in [-0.05, 0) is 32.7 Å². The Morgan fingerprint density at radius 3 is 2.84 bits per heavy atom. The first-order chi connectivity index (χ1) is 9.22. The van der Waals surface area contributed by atoms with Gasteiger partial charge >= 0.3 is 5.97 Å². The second kappa shape index (κ2) is 9.28. The van der Waals surface area contributed by atoms with Gasteiger partial charge in [0.1, 0.15) is 6.04 Å². The lowest BCUT2D eigenvalue weighted by molar-refractivity contribution is -0.150. The van der Waals surface area contributed by atoms with Gasteiger partial charge in [-0.3, -0.25) is 9.69 Å². The Morgan fingerprint density at radius 1 is 1.53 bits per heavy atom. The maximum atomic E-state index is 12.1. The molecule has 0 radical (unpaired) electrons. The summed E-state index contributed by atoms with van der Waals surface area (Å²) in [6, 6.07) is 0.208. The zero-order valence-corrected chi connectivity index (χ0v) is 12.2. The third-order valence-electron chi connectivity index (χ3n) is 3.57. The van der Waals surface area contributed by atoms with Crippen molar-refractivity contribution in [1.82, 2.24) is 10.2 Å². The maximum Gasteiger partial charge on any atom is 0.323 e. The minimum atomic E-state index is -0.223. The minimum absolute atomic E-state index is 0.0757. The molecule has 0 aliphatic carbocycles. The van der Waals surface area contributed by atoms with Crippen molar-refractivity contribution in [3.63, 3.8) is 0 Å². The van der Waals surface area contributed by atoms with Crippen LogP contribution in [0.25, 0.3) is 0 Å². The number of aliphatic hydroxyl groups excluding tert-OH is 1. The van der Waals surface area contributed by atoms with Gasteiger partial charge in [0.15, 0.2) is 0 Å². The van der Waals surface area contributed by atoms with Crippen molar-refractivity contribution in [1.29, 1.82) is 0 Å². The number of ether oxygens (including phenoxy) is 1. The van der Waals surface area contributed by atoms with Crippen LogP contribution in [0.1, 0.15) is 39.5 Å². The highest BCUT2D eigenvalue weighted by molar-refractivity contribution is 5.75. The van der Waals surface area contributed by atoms with Gasteiger partial charge in [-0.1, -0.05) is 13.3 Å². The standard InChI is InChI=1S/C14H28N2O3/c1-3-6-13(14(18)19-4-2)16(9-10-17)11-12-7-5-8-15-12/h12-13,15,17H,3-11H2,1-2H3. The third-order valence-corrected chi connectivity index (χ3v) is 3.57. The Labute approximate surface area is 116 Å². The molecule has 2 unspecified atom stereocenters. The minimum Gasteiger partial charge on any atom is -0.465 e. The van der Waals surface area contributed by atoms with E-state index >= 15 is 0 Å². The molecule has 0 aromatic heterocycles. The summed E-state index contributed by atoms with van der Waals surface area (Å²) in [6.45, 7) is 6.77. The molecule has 1 saturated heterocycles. The molecule has 1 heterocycles. The van der Waals surface area contributed by atoms with E-state index in [-0.39, 0.29) is 18.6 Å². The molecule has 5 heteroatoms. The first-order valence-corrected chi connectivity index (χ1v) is 7.47. The molecule has 2 N–H and O–H groups in total. The molecule has 0 aromatic rings. The van der Waals surface area contributed by atoms with Gasteiger partial charge in [0.05, 0.1) is 13.2 Å². The third kappa shape index (κ3) is 5.47. The highest BCUT2D eigenvalue weighted by Gasteiger charge is 2.28. The second-order valence-corrected chi connectivity index (χ2v) is 5.07. The van der Waals surface area contributed by atoms with Crippen LogP contribution in [0.3, 0.4) is 0 Å². The number of nitrogens with one attached hydrogen (secondary N) is 1. The van der Waals surface area contributed by atoms with Crippen molar-refractivity contribution in [2.45, 2.75) is 51.6 Å². The quantitative estimate of drug-likeness (QED) is 0.607. The van der Waals surface area contributed by atoms with Gasteiger partial charge < -0.3 is 15.2 Å². The Kier molecular flexibility index (Phi) is 8.02. The average Bonchev–Trinajstić information content (AvgIpc) is 2.88. The van der Waals surface area contributed by atoms with Crippen molar-refractivity contribution < 1.29 is 14.6 Å². The predicted octanol–water partition coefficient (Wildman–Crippen LogP) is 0.765. The zero-order valence-electron chi connectivity index (χ0n) is 12.2. The second-order valence-electron chi connectivity index (χ2n) is 5.07. The zero-order chi connectivity index (χ0) is 14.1. The molecule has 1 rings (SSSR count). The molecule has 19 heavy (non-hydrogen) atoms. The summed E-state index contributed by atoms with van der Waals surface area (Å²) >= 11 is 0. The summed E-state index contributed by atoms with van der Waals surface area (Å²) in [5, 5.41) is 12.7. The lowest BCUT2D eigenvalue weighted by Crippen LogP contribution is -2.48. The Morgan fingerprint density at radius 2 is 2.32 bits per heavy atom. The predicted molar refractivity (Wildman–Crippen MR) is 75.0 cm³/mol. The van der Waals surface area contributed by atoms with E-state index in [0.717, 1.165) is 32.4 Å². The summed E-state index contributed by atoms with van der Waals surface area (Å²) in [5.74, 6) is -0.157. The number of hydrogen-bond donors (Lipinski definition) is 2. The van der Waals surface area contributed by atoms with Crippen LogP contribution in [-0.2, 0) is 9.53 Å². The van der Waals surface area contributed by atoms with E-state index in [1.165, 1.54) is 6.42 Å². The number of esters is 1. The van der Waals surface area contributed by atoms with Crippen LogP contribution in [0.4, 0.5) is 0 Å². The molecule has 1 aliphatic heterocycles. The van der Waals surface area contributed by atoms with E-state index in [1.54, 1.807) is 0 Å². The molecule has 1 aliphatic rings. The normalized spacial score (nSPS) is 20.7. The van der Waals surface area contributed by atoms with Gasteiger partial charge in [0.25, 0.3) is 0 Å². The van der Waals surface area contributed by atoms with E-state index in [1.807, 2.05) is 6.92 Å². The van der Waals surface area contributed by atoms with E-state index in [4.69, 9.17) is 4.74 Å². The highest BCUT2D eigenvalue weighted by atomic mass is 16.5. The van der Waals surface area contributed by atoms with Gasteiger partial charge in [-0.2, -0.15) is 0 Å². The van der Waals surface area contributed by atoms with E-state index in [2.05, 4.69) is 17.1 Å². The van der Waals surface area contributed by atoms with Crippen molar-refractivity contribution in [3.8, 4) is 0 Å². The van der Waals surface area contributed by atoms with Crippen molar-refractivity contribution in [2.24, 2.45) is 0 Å². The van der Waals surface area contributed by atoms with Gasteiger partial charge in [-0.15, -0.1) is 0 Å². The molecule has 0 amide bonds. The highest BCUT2D eigenvalue weighted by Crippen LogP contribution is 2.13. The monoisotopic (exact) mass is 272 g/mol. The number of rotatable bonds is 9. The fourth-order valence-corrected chi connectivity index (χ4v) is 2.66. The summed E-state index contributed by atoms with van der Waals surface area (Å²) in [4.78, 5) is 14.1. The Hall–Kier alpha value is -0.650. The van der Waals surface area contributed by atoms with Crippen LogP contribution in [0, 0.1) is 0 Å². The van der Waals surface area contributed by atoms with Crippen LogP contribution < -0.4 is 5.32 Å². The van der Waals surface area contributed by atoms with Crippen molar-refractivity contribution >= 4 is 5.97 Å². The SMILES string of the molecule is CCCC(C(=O)OCC)N(CCO)CC1CCCN1. The summed E-state index contributed by atoms with van der Waals surface area (Å²) in [7, 11) is 0. The molecular weight excluding hydrogens is 244 g/mol. The number of aliphatic hydroxyl groups is 1. The smallest absolute Gasteiger partial charge is 0.323 e. The lowest BCUT2D eigenvalue weighted by Gasteiger charge is -2.31. The summed E-state index contributed by atoms with van der Waals surface area (Å²) < 4.78 is 5.17. The molecule has 0 spiro atoms. The van der Waals surface area contributed by atoms with E-state index in [0.29, 0.717) is 19.2 Å². The molecular formula is C14H28N2O3. The average molecular weight is 272 g/mol. The molecule has 2 atom stereocenters. The van der Waals surface area contributed by atoms with Crippen LogP contribution in [0.5, 0.6) is 0 Å². The topological polar surface area (TPSA) is 61.8 Å². The molecule has 0 aromatic carbocycles. The molecule has 5 nitrogen and oxygen atoms in total. The van der Waals surface area contributed by atoms with E-state index in [9.17, 15) is 9.90 Å². The van der Waals surface area contributed by atoms with Crippen molar-refractivity contribution in [3.05, 3.63) is 0 Å². The molecule has 0 saturated carbocycles. The van der Waals surface area contributed by atoms with Crippen molar-refractivity contribution in [2.75, 3.05) is 32.8 Å². The summed E-state index contributed by atoms with van der Waals surface area (Å²) in [6.07, 6.45) is 4.05. The molecule has 112 valence electrons. The number of hydrogen-bond acceptors (Lipinski definition) is 5. The lowest BCUT2D eigenvalue weighted by atomic mass is 10.1. The number of carbonyl (C=O) groups is 1. The fraction of sp³-hybridized carbons (Fsp3) is 0.929. The maximum absolute atomic E-state index is 12.1. The number of carbonyl (C=O) groups excluding carboxylic acids is 1. The van der Waals surface area contributed by atoms with Crippen LogP contribution in [0.15, 0.2) is 0 Å². The first kappa shape index (κ1) is 16.4. The van der Waals surface area contributed by atoms with Crippen LogP contribution >= 0.6 is 0 Å². The van der Waals surface area contributed by atoms with E-state index < -0.39 is 0 Å². The van der Waals surface area contributed by atoms with Crippen LogP contribution in [0.2, 0.25) is 0 Å².